The second-order valence-electron chi connectivity index (χ2n) is 5.92. The maximum absolute atomic E-state index is 12.3. The molecule has 0 amide bonds. The molecule has 7 heteroatoms. The molecule has 1 fully saturated rings. The van der Waals surface area contributed by atoms with E-state index in [0.29, 0.717) is 4.75 Å². The van der Waals surface area contributed by atoms with Crippen molar-refractivity contribution < 1.29 is 4.21 Å². The van der Waals surface area contributed by atoms with Gasteiger partial charge >= 0.3 is 0 Å². The van der Waals surface area contributed by atoms with Gasteiger partial charge in [-0.25, -0.2) is 4.21 Å². The molecule has 1 rings (SSSR count). The monoisotopic (exact) mass is 418 g/mol. The van der Waals surface area contributed by atoms with Crippen molar-refractivity contribution in [1.29, 1.82) is 0 Å². The lowest BCUT2D eigenvalue weighted by atomic mass is 9.52. The predicted octanol–water partition coefficient (Wildman–Crippen LogP) is 6.52. The summed E-state index contributed by atoms with van der Waals surface area (Å²) in [6.07, 6.45) is 2.34. The van der Waals surface area contributed by atoms with Gasteiger partial charge in [0, 0.05) is 32.5 Å². The quantitative estimate of drug-likeness (QED) is 0.278. The Bertz CT molecular complexity index is 379. The van der Waals surface area contributed by atoms with Gasteiger partial charge in [-0.3, -0.25) is 0 Å². The van der Waals surface area contributed by atoms with E-state index in [9.17, 15) is 4.21 Å². The van der Waals surface area contributed by atoms with Gasteiger partial charge in [0.25, 0.3) is 0 Å². The molecule has 132 valence electrons. The predicted molar refractivity (Wildman–Crippen MR) is 117 cm³/mol. The SMILES string of the molecule is CCSSCC1(SS(=O)CC)CC(C)(SSCC)C1(C)CC. The Kier molecular flexibility index (Phi) is 9.53. The average molecular weight is 419 g/mol. The van der Waals surface area contributed by atoms with E-state index >= 15 is 0 Å². The minimum Gasteiger partial charge on any atom is -0.248 e. The van der Waals surface area contributed by atoms with Crippen molar-refractivity contribution in [2.45, 2.75) is 63.9 Å². The largest absolute Gasteiger partial charge is 0.248 e. The van der Waals surface area contributed by atoms with Gasteiger partial charge in [0.05, 0.1) is 9.83 Å². The van der Waals surface area contributed by atoms with Crippen LogP contribution in [0.15, 0.2) is 0 Å². The minimum absolute atomic E-state index is 0.158. The van der Waals surface area contributed by atoms with Gasteiger partial charge < -0.3 is 0 Å². The molecule has 22 heavy (non-hydrogen) atoms. The third-order valence-electron chi connectivity index (χ3n) is 4.84. The summed E-state index contributed by atoms with van der Waals surface area (Å²) in [7, 11) is 8.97. The molecule has 0 radical (unpaired) electrons. The van der Waals surface area contributed by atoms with Crippen LogP contribution in [-0.4, -0.2) is 36.7 Å². The lowest BCUT2D eigenvalue weighted by Crippen LogP contribution is -2.69. The first-order valence-electron chi connectivity index (χ1n) is 7.97. The van der Waals surface area contributed by atoms with Crippen molar-refractivity contribution in [1.82, 2.24) is 0 Å². The van der Waals surface area contributed by atoms with Crippen LogP contribution < -0.4 is 0 Å². The highest BCUT2D eigenvalue weighted by molar-refractivity contribution is 8.77. The molecule has 0 aliphatic heterocycles. The molecule has 1 aliphatic rings. The van der Waals surface area contributed by atoms with Crippen LogP contribution in [0.25, 0.3) is 0 Å². The zero-order valence-electron chi connectivity index (χ0n) is 14.6. The van der Waals surface area contributed by atoms with Crippen LogP contribution in [0.3, 0.4) is 0 Å². The van der Waals surface area contributed by atoms with E-state index in [2.05, 4.69) is 45.4 Å². The molecule has 0 aromatic rings. The summed E-state index contributed by atoms with van der Waals surface area (Å²) < 4.78 is 12.8. The van der Waals surface area contributed by atoms with Gasteiger partial charge in [0.1, 0.15) is 0 Å². The molecule has 4 atom stereocenters. The van der Waals surface area contributed by atoms with Crippen molar-refractivity contribution in [2.24, 2.45) is 5.41 Å². The topological polar surface area (TPSA) is 17.1 Å². The molecular weight excluding hydrogens is 389 g/mol. The Morgan fingerprint density at radius 2 is 1.64 bits per heavy atom. The molecule has 1 nitrogen and oxygen atoms in total. The molecule has 1 saturated carbocycles. The average Bonchev–Trinajstić information content (AvgIpc) is 2.51. The Labute approximate surface area is 159 Å². The first-order chi connectivity index (χ1) is 10.3. The van der Waals surface area contributed by atoms with Crippen LogP contribution in [-0.2, 0) is 9.83 Å². The lowest BCUT2D eigenvalue weighted by molar-refractivity contribution is 0.0467. The third-order valence-corrected chi connectivity index (χ3v) is 15.0. The van der Waals surface area contributed by atoms with Crippen molar-refractivity contribution in [3.05, 3.63) is 0 Å². The zero-order chi connectivity index (χ0) is 16.9. The summed E-state index contributed by atoms with van der Waals surface area (Å²) in [5.41, 5.74) is 0.240. The molecule has 1 aliphatic carbocycles. The van der Waals surface area contributed by atoms with E-state index in [-0.39, 0.29) is 10.2 Å². The maximum atomic E-state index is 12.3. The highest BCUT2D eigenvalue weighted by Crippen LogP contribution is 2.72. The Morgan fingerprint density at radius 1 is 1.00 bits per heavy atom. The number of hydrogen-bond donors (Lipinski definition) is 0. The van der Waals surface area contributed by atoms with E-state index in [1.54, 1.807) is 10.8 Å². The van der Waals surface area contributed by atoms with Crippen LogP contribution in [0.1, 0.15) is 54.4 Å². The summed E-state index contributed by atoms with van der Waals surface area (Å²) >= 11 is 0. The van der Waals surface area contributed by atoms with Gasteiger partial charge in [0.15, 0.2) is 0 Å². The molecular formula is C15H30OS6. The second kappa shape index (κ2) is 9.56. The van der Waals surface area contributed by atoms with Crippen molar-refractivity contribution in [3.63, 3.8) is 0 Å². The summed E-state index contributed by atoms with van der Waals surface area (Å²) in [6, 6.07) is 0. The van der Waals surface area contributed by atoms with E-state index in [1.165, 1.54) is 6.42 Å². The molecule has 0 N–H and O–H groups in total. The van der Waals surface area contributed by atoms with E-state index in [1.807, 2.05) is 39.3 Å². The van der Waals surface area contributed by atoms with E-state index in [4.69, 9.17) is 0 Å². The Hall–Kier alpha value is 1.90. The normalized spacial score (nSPS) is 36.1. The maximum Gasteiger partial charge on any atom is 0.0807 e. The molecule has 0 bridgehead atoms. The van der Waals surface area contributed by atoms with Crippen LogP contribution in [0.5, 0.6) is 0 Å². The highest BCUT2D eigenvalue weighted by atomic mass is 33.1. The fourth-order valence-corrected chi connectivity index (χ4v) is 13.1. The van der Waals surface area contributed by atoms with Gasteiger partial charge in [-0.15, -0.1) is 0 Å². The summed E-state index contributed by atoms with van der Waals surface area (Å²) in [6.45, 7) is 13.7. The van der Waals surface area contributed by atoms with Gasteiger partial charge in [-0.2, -0.15) is 0 Å². The first-order valence-corrected chi connectivity index (χ1v) is 15.4. The van der Waals surface area contributed by atoms with Crippen LogP contribution in [0.4, 0.5) is 0 Å². The Morgan fingerprint density at radius 3 is 2.14 bits per heavy atom. The van der Waals surface area contributed by atoms with Crippen molar-refractivity contribution in [3.8, 4) is 0 Å². The fraction of sp³-hybridized carbons (Fsp3) is 1.00. The fourth-order valence-electron chi connectivity index (χ4n) is 3.13. The van der Waals surface area contributed by atoms with E-state index < -0.39 is 9.83 Å². The van der Waals surface area contributed by atoms with Crippen LogP contribution in [0, 0.1) is 5.41 Å². The summed E-state index contributed by atoms with van der Waals surface area (Å²) in [5.74, 6) is 4.16. The van der Waals surface area contributed by atoms with Crippen LogP contribution >= 0.6 is 54.0 Å². The van der Waals surface area contributed by atoms with Gasteiger partial charge in [-0.05, 0) is 25.2 Å². The number of rotatable bonds is 11. The smallest absolute Gasteiger partial charge is 0.0807 e. The second-order valence-corrected chi connectivity index (χ2v) is 15.5. The summed E-state index contributed by atoms with van der Waals surface area (Å²) in [4.78, 5) is 0. The highest BCUT2D eigenvalue weighted by Gasteiger charge is 2.69. The third kappa shape index (κ3) is 4.35. The standard InChI is InChI=1S/C15H30OS6/c1-7-13(5)14(6,20-18-9-3)11-15(13,12-19-17-8-2)21-22(16)10-4/h7-12H2,1-6H3. The van der Waals surface area contributed by atoms with E-state index in [0.717, 1.165) is 29.4 Å². The molecule has 0 aromatic carbocycles. The molecule has 0 aromatic heterocycles. The van der Waals surface area contributed by atoms with Crippen molar-refractivity contribution >= 4 is 63.8 Å². The van der Waals surface area contributed by atoms with Crippen molar-refractivity contribution in [2.75, 3.05) is 23.0 Å². The number of hydrogen-bond acceptors (Lipinski definition) is 6. The van der Waals surface area contributed by atoms with Crippen LogP contribution in [0.2, 0.25) is 0 Å². The summed E-state index contributed by atoms with van der Waals surface area (Å²) in [5, 5.41) is 0. The Balaban J connectivity index is 2.97. The van der Waals surface area contributed by atoms with Gasteiger partial charge in [-0.1, -0.05) is 88.6 Å². The first kappa shape index (κ1) is 21.9. The molecule has 0 heterocycles. The lowest BCUT2D eigenvalue weighted by Gasteiger charge is -2.68. The molecule has 0 saturated heterocycles. The van der Waals surface area contributed by atoms with Gasteiger partial charge in [0.2, 0.25) is 0 Å². The molecule has 0 spiro atoms. The minimum atomic E-state index is -0.760. The zero-order valence-corrected chi connectivity index (χ0v) is 19.5. The molecule has 4 unspecified atom stereocenters.